The van der Waals surface area contributed by atoms with Crippen LogP contribution < -0.4 is 10.6 Å². The summed E-state index contributed by atoms with van der Waals surface area (Å²) in [7, 11) is 0. The number of hydrogen-bond donors (Lipinski definition) is 3. The third kappa shape index (κ3) is 4.70. The van der Waals surface area contributed by atoms with Crippen LogP contribution >= 0.6 is 0 Å². The fraction of sp³-hybridized carbons (Fsp3) is 0.818. The molecule has 1 unspecified atom stereocenters. The van der Waals surface area contributed by atoms with Gasteiger partial charge in [-0.3, -0.25) is 14.5 Å². The van der Waals surface area contributed by atoms with E-state index in [4.69, 9.17) is 5.11 Å². The first kappa shape index (κ1) is 13.9. The summed E-state index contributed by atoms with van der Waals surface area (Å²) < 4.78 is 0. The van der Waals surface area contributed by atoms with Gasteiger partial charge in [0, 0.05) is 25.2 Å². The molecule has 1 heterocycles. The van der Waals surface area contributed by atoms with Gasteiger partial charge in [0.1, 0.15) is 6.04 Å². The highest BCUT2D eigenvalue weighted by Crippen LogP contribution is 2.04. The monoisotopic (exact) mass is 243 g/mol. The van der Waals surface area contributed by atoms with Crippen LogP contribution in [0.1, 0.15) is 20.8 Å². The Morgan fingerprint density at radius 3 is 2.65 bits per heavy atom. The minimum absolute atomic E-state index is 0.134. The largest absolute Gasteiger partial charge is 0.480 e. The van der Waals surface area contributed by atoms with Crippen LogP contribution in [0.25, 0.3) is 0 Å². The Kier molecular flexibility index (Phi) is 4.47. The van der Waals surface area contributed by atoms with Crippen molar-refractivity contribution in [2.24, 2.45) is 0 Å². The van der Waals surface area contributed by atoms with E-state index in [-0.39, 0.29) is 18.0 Å². The van der Waals surface area contributed by atoms with Crippen LogP contribution in [0.5, 0.6) is 0 Å². The lowest BCUT2D eigenvalue weighted by molar-refractivity contribution is -0.144. The number of carbonyl (C=O) groups is 2. The van der Waals surface area contributed by atoms with Crippen molar-refractivity contribution in [2.45, 2.75) is 32.4 Å². The standard InChI is InChI=1S/C11H21N3O3/c1-11(2,3)13-9(15)7-14-5-4-12-6-8(14)10(16)17/h8,12H,4-7H2,1-3H3,(H,13,15)(H,16,17). The lowest BCUT2D eigenvalue weighted by atomic mass is 10.1. The third-order valence-corrected chi connectivity index (χ3v) is 2.50. The molecule has 98 valence electrons. The van der Waals surface area contributed by atoms with Gasteiger partial charge in [0.25, 0.3) is 0 Å². The van der Waals surface area contributed by atoms with Crippen molar-refractivity contribution in [1.29, 1.82) is 0 Å². The molecule has 1 rings (SSSR count). The number of piperazine rings is 1. The SMILES string of the molecule is CC(C)(C)NC(=O)CN1CCNCC1C(=O)O. The van der Waals surface area contributed by atoms with Crippen LogP contribution in [0.3, 0.4) is 0 Å². The molecule has 1 saturated heterocycles. The van der Waals surface area contributed by atoms with Crippen molar-refractivity contribution in [2.75, 3.05) is 26.2 Å². The molecule has 0 aliphatic carbocycles. The molecule has 0 aromatic rings. The summed E-state index contributed by atoms with van der Waals surface area (Å²) in [4.78, 5) is 24.4. The molecule has 0 bridgehead atoms. The fourth-order valence-electron chi connectivity index (χ4n) is 1.82. The maximum atomic E-state index is 11.7. The molecule has 1 fully saturated rings. The minimum Gasteiger partial charge on any atom is -0.480 e. The lowest BCUT2D eigenvalue weighted by Gasteiger charge is -2.33. The molecule has 0 aromatic carbocycles. The van der Waals surface area contributed by atoms with Crippen LogP contribution in [0, 0.1) is 0 Å². The summed E-state index contributed by atoms with van der Waals surface area (Å²) in [5.41, 5.74) is -0.288. The van der Waals surface area contributed by atoms with Crippen molar-refractivity contribution >= 4 is 11.9 Å². The van der Waals surface area contributed by atoms with Gasteiger partial charge in [0.05, 0.1) is 6.54 Å². The Morgan fingerprint density at radius 2 is 2.12 bits per heavy atom. The van der Waals surface area contributed by atoms with Gasteiger partial charge >= 0.3 is 5.97 Å². The summed E-state index contributed by atoms with van der Waals surface area (Å²) in [5.74, 6) is -1.02. The summed E-state index contributed by atoms with van der Waals surface area (Å²) >= 11 is 0. The number of hydrogen-bond acceptors (Lipinski definition) is 4. The van der Waals surface area contributed by atoms with Crippen LogP contribution in [0.4, 0.5) is 0 Å². The van der Waals surface area contributed by atoms with Gasteiger partial charge in [0.15, 0.2) is 0 Å². The molecule has 1 aliphatic heterocycles. The van der Waals surface area contributed by atoms with E-state index >= 15 is 0 Å². The first-order valence-electron chi connectivity index (χ1n) is 5.78. The molecule has 0 aromatic heterocycles. The zero-order valence-electron chi connectivity index (χ0n) is 10.6. The van der Waals surface area contributed by atoms with Gasteiger partial charge in [-0.2, -0.15) is 0 Å². The molecule has 6 heteroatoms. The molecule has 3 N–H and O–H groups in total. The minimum atomic E-state index is -0.888. The first-order chi connectivity index (χ1) is 7.79. The number of rotatable bonds is 3. The number of carboxylic acid groups (broad SMARTS) is 1. The molecule has 0 spiro atoms. The predicted octanol–water partition coefficient (Wildman–Crippen LogP) is -0.740. The second-order valence-corrected chi connectivity index (χ2v) is 5.33. The summed E-state index contributed by atoms with van der Waals surface area (Å²) in [6, 6.07) is -0.616. The van der Waals surface area contributed by atoms with Crippen molar-refractivity contribution in [3.05, 3.63) is 0 Å². The van der Waals surface area contributed by atoms with Gasteiger partial charge in [-0.15, -0.1) is 0 Å². The zero-order chi connectivity index (χ0) is 13.1. The maximum Gasteiger partial charge on any atom is 0.322 e. The van der Waals surface area contributed by atoms with E-state index < -0.39 is 12.0 Å². The number of nitrogens with one attached hydrogen (secondary N) is 2. The van der Waals surface area contributed by atoms with E-state index in [1.807, 2.05) is 20.8 Å². The van der Waals surface area contributed by atoms with E-state index in [2.05, 4.69) is 10.6 Å². The molecule has 17 heavy (non-hydrogen) atoms. The van der Waals surface area contributed by atoms with Crippen LogP contribution in [0.15, 0.2) is 0 Å². The highest BCUT2D eigenvalue weighted by Gasteiger charge is 2.30. The second kappa shape index (κ2) is 5.46. The van der Waals surface area contributed by atoms with Crippen molar-refractivity contribution in [3.8, 4) is 0 Å². The van der Waals surface area contributed by atoms with Gasteiger partial charge < -0.3 is 15.7 Å². The van der Waals surface area contributed by atoms with Gasteiger partial charge in [-0.1, -0.05) is 0 Å². The zero-order valence-corrected chi connectivity index (χ0v) is 10.6. The molecule has 1 aliphatic rings. The number of carboxylic acids is 1. The summed E-state index contributed by atoms with van der Waals surface area (Å²) in [6.07, 6.45) is 0. The molecule has 1 atom stereocenters. The number of aliphatic carboxylic acids is 1. The Balaban J connectivity index is 2.53. The number of nitrogens with zero attached hydrogens (tertiary/aromatic N) is 1. The lowest BCUT2D eigenvalue weighted by Crippen LogP contribution is -2.58. The average molecular weight is 243 g/mol. The van der Waals surface area contributed by atoms with Crippen molar-refractivity contribution in [3.63, 3.8) is 0 Å². The third-order valence-electron chi connectivity index (χ3n) is 2.50. The number of amides is 1. The smallest absolute Gasteiger partial charge is 0.322 e. The molecular formula is C11H21N3O3. The van der Waals surface area contributed by atoms with Crippen molar-refractivity contribution < 1.29 is 14.7 Å². The highest BCUT2D eigenvalue weighted by molar-refractivity contribution is 5.80. The molecule has 1 amide bonds. The second-order valence-electron chi connectivity index (χ2n) is 5.33. The quantitative estimate of drug-likeness (QED) is 0.608. The highest BCUT2D eigenvalue weighted by atomic mass is 16.4. The topological polar surface area (TPSA) is 81.7 Å². The molecular weight excluding hydrogens is 222 g/mol. The Morgan fingerprint density at radius 1 is 1.47 bits per heavy atom. The first-order valence-corrected chi connectivity index (χ1v) is 5.78. The Bertz CT molecular complexity index is 299. The molecule has 6 nitrogen and oxygen atoms in total. The Hall–Kier alpha value is -1.14. The van der Waals surface area contributed by atoms with E-state index in [1.165, 1.54) is 0 Å². The van der Waals surface area contributed by atoms with E-state index in [9.17, 15) is 9.59 Å². The normalized spacial score (nSPS) is 22.2. The van der Waals surface area contributed by atoms with Crippen LogP contribution in [-0.4, -0.2) is 59.6 Å². The number of carbonyl (C=O) groups excluding carboxylic acids is 1. The van der Waals surface area contributed by atoms with Gasteiger partial charge in [0.2, 0.25) is 5.91 Å². The van der Waals surface area contributed by atoms with Gasteiger partial charge in [-0.05, 0) is 20.8 Å². The fourth-order valence-corrected chi connectivity index (χ4v) is 1.82. The Labute approximate surface area is 101 Å². The summed E-state index contributed by atoms with van der Waals surface area (Å²) in [5, 5.41) is 14.9. The van der Waals surface area contributed by atoms with Crippen molar-refractivity contribution in [1.82, 2.24) is 15.5 Å². The van der Waals surface area contributed by atoms with E-state index in [0.29, 0.717) is 19.6 Å². The average Bonchev–Trinajstić information content (AvgIpc) is 2.14. The van der Waals surface area contributed by atoms with E-state index in [1.54, 1.807) is 4.90 Å². The van der Waals surface area contributed by atoms with E-state index in [0.717, 1.165) is 0 Å². The molecule has 0 saturated carbocycles. The van der Waals surface area contributed by atoms with Crippen LogP contribution in [0.2, 0.25) is 0 Å². The van der Waals surface area contributed by atoms with Crippen LogP contribution in [-0.2, 0) is 9.59 Å². The maximum absolute atomic E-state index is 11.7. The van der Waals surface area contributed by atoms with Gasteiger partial charge in [-0.25, -0.2) is 0 Å². The predicted molar refractivity (Wildman–Crippen MR) is 63.8 cm³/mol. The summed E-state index contributed by atoms with van der Waals surface area (Å²) in [6.45, 7) is 7.52. The molecule has 0 radical (unpaired) electrons.